The molecule has 0 bridgehead atoms. The molecule has 2 aromatic carbocycles. The monoisotopic (exact) mass is 485 g/mol. The van der Waals surface area contributed by atoms with Crippen LogP contribution in [-0.2, 0) is 11.3 Å². The van der Waals surface area contributed by atoms with E-state index in [-0.39, 0.29) is 11.7 Å². The van der Waals surface area contributed by atoms with Crippen LogP contribution >= 0.6 is 34.7 Å². The maximum absolute atomic E-state index is 13.3. The summed E-state index contributed by atoms with van der Waals surface area (Å²) in [6.07, 6.45) is 3.42. The highest BCUT2D eigenvalue weighted by molar-refractivity contribution is 8.00. The van der Waals surface area contributed by atoms with Gasteiger partial charge in [-0.1, -0.05) is 22.9 Å². The van der Waals surface area contributed by atoms with Gasteiger partial charge in [0.25, 0.3) is 0 Å². The first-order valence-electron chi connectivity index (χ1n) is 9.68. The first-order chi connectivity index (χ1) is 15.6. The van der Waals surface area contributed by atoms with E-state index in [1.807, 2.05) is 36.4 Å². The molecule has 0 N–H and O–H groups in total. The van der Waals surface area contributed by atoms with Gasteiger partial charge in [0.15, 0.2) is 5.13 Å². The van der Waals surface area contributed by atoms with Gasteiger partial charge in [-0.25, -0.2) is 4.98 Å². The fourth-order valence-corrected chi connectivity index (χ4v) is 5.10. The molecule has 32 heavy (non-hydrogen) atoms. The van der Waals surface area contributed by atoms with Crippen LogP contribution in [-0.4, -0.2) is 35.8 Å². The van der Waals surface area contributed by atoms with E-state index in [2.05, 4.69) is 4.98 Å². The summed E-state index contributed by atoms with van der Waals surface area (Å²) in [5, 5.41) is 1.15. The van der Waals surface area contributed by atoms with Crippen molar-refractivity contribution >= 4 is 56.0 Å². The summed E-state index contributed by atoms with van der Waals surface area (Å²) in [7, 11) is 3.22. The number of benzene rings is 2. The number of pyridine rings is 1. The summed E-state index contributed by atoms with van der Waals surface area (Å²) in [4.78, 5) is 24.8. The molecule has 164 valence electrons. The van der Waals surface area contributed by atoms with Crippen LogP contribution in [0.15, 0.2) is 65.8 Å². The van der Waals surface area contributed by atoms with Crippen molar-refractivity contribution in [1.82, 2.24) is 9.97 Å². The zero-order valence-electron chi connectivity index (χ0n) is 17.4. The molecule has 0 aliphatic heterocycles. The van der Waals surface area contributed by atoms with Crippen molar-refractivity contribution in [3.63, 3.8) is 0 Å². The predicted molar refractivity (Wildman–Crippen MR) is 130 cm³/mol. The second-order valence-corrected chi connectivity index (χ2v) is 9.16. The molecule has 6 nitrogen and oxygen atoms in total. The smallest absolute Gasteiger partial charge is 0.239 e. The Hall–Kier alpha value is -2.81. The fraction of sp³-hybridized carbons (Fsp3) is 0.174. The molecular weight excluding hydrogens is 466 g/mol. The Morgan fingerprint density at radius 2 is 1.81 bits per heavy atom. The van der Waals surface area contributed by atoms with Gasteiger partial charge in [-0.3, -0.25) is 14.7 Å². The van der Waals surface area contributed by atoms with Crippen molar-refractivity contribution in [2.75, 3.05) is 24.9 Å². The molecule has 0 saturated heterocycles. The summed E-state index contributed by atoms with van der Waals surface area (Å²) in [5.41, 5.74) is 1.61. The van der Waals surface area contributed by atoms with Gasteiger partial charge >= 0.3 is 0 Å². The van der Waals surface area contributed by atoms with Crippen molar-refractivity contribution in [2.24, 2.45) is 0 Å². The average Bonchev–Trinajstić information content (AvgIpc) is 3.28. The molecule has 0 fully saturated rings. The Bertz CT molecular complexity index is 1220. The molecular formula is C23H20ClN3O3S2. The SMILES string of the molecule is COc1ccc(SCC(=O)N(Cc2ccncc2)c2nc3c(OC)ccc(Cl)c3s2)cc1. The van der Waals surface area contributed by atoms with Crippen LogP contribution in [0.4, 0.5) is 5.13 Å². The zero-order chi connectivity index (χ0) is 22.5. The number of rotatable bonds is 8. The molecule has 0 aliphatic rings. The number of aromatic nitrogens is 2. The molecule has 4 aromatic rings. The van der Waals surface area contributed by atoms with E-state index in [9.17, 15) is 4.79 Å². The summed E-state index contributed by atoms with van der Waals surface area (Å²) in [5.74, 6) is 1.60. The fourth-order valence-electron chi connectivity index (χ4n) is 3.05. The van der Waals surface area contributed by atoms with E-state index in [1.165, 1.54) is 23.1 Å². The molecule has 1 amide bonds. The number of carbonyl (C=O) groups excluding carboxylic acids is 1. The van der Waals surface area contributed by atoms with E-state index in [1.54, 1.807) is 43.6 Å². The van der Waals surface area contributed by atoms with Gasteiger partial charge in [-0.15, -0.1) is 11.8 Å². The second kappa shape index (κ2) is 10.2. The van der Waals surface area contributed by atoms with Crippen molar-refractivity contribution < 1.29 is 14.3 Å². The summed E-state index contributed by atoms with van der Waals surface area (Å²) in [6, 6.07) is 15.0. The lowest BCUT2D eigenvalue weighted by molar-refractivity contribution is -0.116. The van der Waals surface area contributed by atoms with Gasteiger partial charge in [0.05, 0.1) is 36.2 Å². The van der Waals surface area contributed by atoms with E-state index >= 15 is 0 Å². The van der Waals surface area contributed by atoms with Crippen LogP contribution < -0.4 is 14.4 Å². The molecule has 0 aliphatic carbocycles. The van der Waals surface area contributed by atoms with Gasteiger partial charge in [-0.05, 0) is 54.1 Å². The van der Waals surface area contributed by atoms with Gasteiger partial charge in [0, 0.05) is 17.3 Å². The van der Waals surface area contributed by atoms with E-state index in [0.29, 0.717) is 28.0 Å². The normalized spacial score (nSPS) is 10.8. The summed E-state index contributed by atoms with van der Waals surface area (Å²) >= 11 is 9.24. The number of thiazole rings is 1. The molecule has 0 atom stereocenters. The number of hydrogen-bond donors (Lipinski definition) is 0. The molecule has 4 rings (SSSR count). The molecule has 0 saturated carbocycles. The maximum Gasteiger partial charge on any atom is 0.239 e. The minimum absolute atomic E-state index is 0.0585. The number of anilines is 1. The van der Waals surface area contributed by atoms with Crippen LogP contribution in [0.1, 0.15) is 5.56 Å². The Balaban J connectivity index is 1.63. The topological polar surface area (TPSA) is 64.5 Å². The number of methoxy groups -OCH3 is 2. The van der Waals surface area contributed by atoms with E-state index in [4.69, 9.17) is 26.1 Å². The third kappa shape index (κ3) is 4.98. The van der Waals surface area contributed by atoms with Crippen LogP contribution in [0.5, 0.6) is 11.5 Å². The number of thioether (sulfide) groups is 1. The number of hydrogen-bond acceptors (Lipinski definition) is 7. The zero-order valence-corrected chi connectivity index (χ0v) is 19.8. The lowest BCUT2D eigenvalue weighted by Crippen LogP contribution is -2.31. The molecule has 0 radical (unpaired) electrons. The largest absolute Gasteiger partial charge is 0.497 e. The summed E-state index contributed by atoms with van der Waals surface area (Å²) in [6.45, 7) is 0.379. The van der Waals surface area contributed by atoms with Gasteiger partial charge in [-0.2, -0.15) is 0 Å². The molecule has 2 heterocycles. The van der Waals surface area contributed by atoms with Crippen molar-refractivity contribution in [1.29, 1.82) is 0 Å². The first-order valence-corrected chi connectivity index (χ1v) is 11.9. The van der Waals surface area contributed by atoms with Crippen molar-refractivity contribution in [3.8, 4) is 11.5 Å². The van der Waals surface area contributed by atoms with Gasteiger partial charge in [0.1, 0.15) is 17.0 Å². The predicted octanol–water partition coefficient (Wildman–Crippen LogP) is 5.69. The highest BCUT2D eigenvalue weighted by atomic mass is 35.5. The third-order valence-corrected chi connectivity index (χ3v) is 7.25. The van der Waals surface area contributed by atoms with Gasteiger partial charge < -0.3 is 9.47 Å². The van der Waals surface area contributed by atoms with Crippen LogP contribution in [0, 0.1) is 0 Å². The van der Waals surface area contributed by atoms with Crippen molar-refractivity contribution in [2.45, 2.75) is 11.4 Å². The first kappa shape index (κ1) is 22.4. The van der Waals surface area contributed by atoms with Crippen molar-refractivity contribution in [3.05, 3.63) is 71.5 Å². The lowest BCUT2D eigenvalue weighted by atomic mass is 10.2. The number of ether oxygens (including phenoxy) is 2. The molecule has 9 heteroatoms. The highest BCUT2D eigenvalue weighted by Gasteiger charge is 2.22. The average molecular weight is 486 g/mol. The standard InChI is InChI=1S/C23H20ClN3O3S2/c1-29-16-3-5-17(6-4-16)31-14-20(28)27(13-15-9-11-25-12-10-15)23-26-21-19(30-2)8-7-18(24)22(21)32-23/h3-12H,13-14H2,1-2H3. The third-order valence-electron chi connectivity index (χ3n) is 4.71. The van der Waals surface area contributed by atoms with E-state index in [0.717, 1.165) is 20.9 Å². The maximum atomic E-state index is 13.3. The summed E-state index contributed by atoms with van der Waals surface area (Å²) < 4.78 is 11.4. The van der Waals surface area contributed by atoms with Crippen LogP contribution in [0.25, 0.3) is 10.2 Å². The number of amides is 1. The Kier molecular flexibility index (Phi) is 7.14. The van der Waals surface area contributed by atoms with Gasteiger partial charge in [0.2, 0.25) is 5.91 Å². The quantitative estimate of drug-likeness (QED) is 0.299. The Labute approximate surface area is 199 Å². The Morgan fingerprint density at radius 1 is 1.06 bits per heavy atom. The minimum Gasteiger partial charge on any atom is -0.497 e. The van der Waals surface area contributed by atoms with Crippen LogP contribution in [0.3, 0.4) is 0 Å². The number of halogens is 1. The number of nitrogens with zero attached hydrogens (tertiary/aromatic N) is 3. The minimum atomic E-state index is -0.0585. The number of fused-ring (bicyclic) bond motifs is 1. The lowest BCUT2D eigenvalue weighted by Gasteiger charge is -2.20. The Morgan fingerprint density at radius 3 is 2.50 bits per heavy atom. The molecule has 0 unspecified atom stereocenters. The second-order valence-electron chi connectivity index (χ2n) is 6.72. The highest BCUT2D eigenvalue weighted by Crippen LogP contribution is 2.39. The van der Waals surface area contributed by atoms with E-state index < -0.39 is 0 Å². The number of carbonyl (C=O) groups is 1. The molecule has 2 aromatic heterocycles. The molecule has 0 spiro atoms. The van der Waals surface area contributed by atoms with Crippen LogP contribution in [0.2, 0.25) is 5.02 Å².